The van der Waals surface area contributed by atoms with E-state index in [1.54, 1.807) is 11.8 Å². The van der Waals surface area contributed by atoms with E-state index in [0.717, 1.165) is 22.4 Å². The van der Waals surface area contributed by atoms with E-state index in [2.05, 4.69) is 50.2 Å². The molecule has 5 atom stereocenters. The van der Waals surface area contributed by atoms with Crippen molar-refractivity contribution in [3.63, 3.8) is 0 Å². The second kappa shape index (κ2) is 13.8. The summed E-state index contributed by atoms with van der Waals surface area (Å²) in [5.74, 6) is 1.10. The summed E-state index contributed by atoms with van der Waals surface area (Å²) in [6.07, 6.45) is -0.384. The Kier molecular flexibility index (Phi) is 10.2. The molecular formula is C30H36O4S. The summed E-state index contributed by atoms with van der Waals surface area (Å²) in [5.41, 5.74) is 3.40. The number of hydrogen-bond acceptors (Lipinski definition) is 5. The summed E-state index contributed by atoms with van der Waals surface area (Å²) in [7, 11) is 0. The summed E-state index contributed by atoms with van der Waals surface area (Å²) in [4.78, 5) is 0. The van der Waals surface area contributed by atoms with Gasteiger partial charge in [0.15, 0.2) is 0 Å². The van der Waals surface area contributed by atoms with Gasteiger partial charge in [0.1, 0.15) is 11.5 Å². The SMILES string of the molecule is CCS[C@@H]1OC(COCc2ccccc2)[C@H](OCc2ccccc2)[C@H](C)C1OCc1ccccc1. The largest absolute Gasteiger partial charge is 0.374 e. The maximum absolute atomic E-state index is 6.63. The van der Waals surface area contributed by atoms with E-state index < -0.39 is 0 Å². The molecule has 4 rings (SSSR count). The molecule has 1 heterocycles. The molecule has 1 saturated heterocycles. The Morgan fingerprint density at radius 3 is 1.69 bits per heavy atom. The van der Waals surface area contributed by atoms with Crippen molar-refractivity contribution in [1.29, 1.82) is 0 Å². The molecule has 35 heavy (non-hydrogen) atoms. The predicted octanol–water partition coefficient (Wildman–Crippen LogP) is 6.49. The standard InChI is InChI=1S/C30H36O4S/c1-3-35-30-29(33-21-26-17-11-6-12-18-26)23(2)28(32-20-25-15-9-5-10-16-25)27(34-30)22-31-19-24-13-7-4-8-14-24/h4-18,23,27-30H,3,19-22H2,1-2H3/t23-,27?,28+,29?,30-/m0/s1. The second-order valence-electron chi connectivity index (χ2n) is 8.88. The molecule has 0 aromatic heterocycles. The van der Waals surface area contributed by atoms with Gasteiger partial charge in [0.25, 0.3) is 0 Å². The van der Waals surface area contributed by atoms with E-state index in [-0.39, 0.29) is 29.7 Å². The van der Waals surface area contributed by atoms with E-state index >= 15 is 0 Å². The fourth-order valence-electron chi connectivity index (χ4n) is 4.42. The smallest absolute Gasteiger partial charge is 0.130 e. The molecule has 1 aliphatic rings. The minimum absolute atomic E-state index is 0.0689. The summed E-state index contributed by atoms with van der Waals surface area (Å²) in [6.45, 7) is 6.50. The maximum Gasteiger partial charge on any atom is 0.130 e. The van der Waals surface area contributed by atoms with Gasteiger partial charge in [-0.1, -0.05) is 105 Å². The third-order valence-electron chi connectivity index (χ3n) is 6.28. The molecule has 3 aromatic carbocycles. The Hall–Kier alpha value is -2.15. The molecule has 2 unspecified atom stereocenters. The lowest BCUT2D eigenvalue weighted by atomic mass is 9.91. The van der Waals surface area contributed by atoms with Gasteiger partial charge in [-0.05, 0) is 22.4 Å². The first kappa shape index (κ1) is 25.9. The first-order valence-corrected chi connectivity index (χ1v) is 13.5. The zero-order valence-electron chi connectivity index (χ0n) is 20.6. The highest BCUT2D eigenvalue weighted by molar-refractivity contribution is 7.99. The molecule has 0 bridgehead atoms. The van der Waals surface area contributed by atoms with Gasteiger partial charge >= 0.3 is 0 Å². The van der Waals surface area contributed by atoms with Crippen LogP contribution in [0.3, 0.4) is 0 Å². The van der Waals surface area contributed by atoms with Crippen LogP contribution in [0.1, 0.15) is 30.5 Å². The summed E-state index contributed by atoms with van der Waals surface area (Å²) in [5, 5.41) is 0. The zero-order valence-corrected chi connectivity index (χ0v) is 21.4. The highest BCUT2D eigenvalue weighted by Gasteiger charge is 2.45. The third kappa shape index (κ3) is 7.66. The number of rotatable bonds is 12. The van der Waals surface area contributed by atoms with Crippen molar-refractivity contribution in [2.75, 3.05) is 12.4 Å². The molecule has 0 amide bonds. The molecule has 0 radical (unpaired) electrons. The Labute approximate surface area is 213 Å². The highest BCUT2D eigenvalue weighted by atomic mass is 32.2. The molecule has 1 fully saturated rings. The molecule has 0 spiro atoms. The normalized spacial score (nSPS) is 24.3. The van der Waals surface area contributed by atoms with Gasteiger partial charge in [-0.3, -0.25) is 0 Å². The van der Waals surface area contributed by atoms with Crippen molar-refractivity contribution in [1.82, 2.24) is 0 Å². The fourth-order valence-corrected chi connectivity index (χ4v) is 5.49. The van der Waals surface area contributed by atoms with Crippen molar-refractivity contribution in [2.24, 2.45) is 5.92 Å². The van der Waals surface area contributed by atoms with Crippen LogP contribution < -0.4 is 0 Å². The molecule has 3 aromatic rings. The molecule has 4 nitrogen and oxygen atoms in total. The molecule has 0 aliphatic carbocycles. The number of hydrogen-bond donors (Lipinski definition) is 0. The van der Waals surface area contributed by atoms with Crippen LogP contribution in [0.2, 0.25) is 0 Å². The average molecular weight is 493 g/mol. The molecule has 1 aliphatic heterocycles. The summed E-state index contributed by atoms with van der Waals surface area (Å²) in [6, 6.07) is 30.8. The zero-order chi connectivity index (χ0) is 24.3. The van der Waals surface area contributed by atoms with Crippen molar-refractivity contribution >= 4 is 11.8 Å². The topological polar surface area (TPSA) is 36.9 Å². The molecular weight excluding hydrogens is 456 g/mol. The number of thioether (sulfide) groups is 1. The monoisotopic (exact) mass is 492 g/mol. The van der Waals surface area contributed by atoms with Gasteiger partial charge in [0, 0.05) is 5.92 Å². The van der Waals surface area contributed by atoms with E-state index in [0.29, 0.717) is 26.4 Å². The minimum atomic E-state index is -0.168. The lowest BCUT2D eigenvalue weighted by Crippen LogP contribution is -2.55. The van der Waals surface area contributed by atoms with Crippen LogP contribution >= 0.6 is 11.8 Å². The van der Waals surface area contributed by atoms with Crippen LogP contribution in [0.25, 0.3) is 0 Å². The van der Waals surface area contributed by atoms with Crippen molar-refractivity contribution in [2.45, 2.75) is 57.4 Å². The van der Waals surface area contributed by atoms with Gasteiger partial charge in [0.2, 0.25) is 0 Å². The van der Waals surface area contributed by atoms with Crippen LogP contribution in [0.5, 0.6) is 0 Å². The van der Waals surface area contributed by atoms with Crippen LogP contribution in [0.4, 0.5) is 0 Å². The third-order valence-corrected chi connectivity index (χ3v) is 7.32. The quantitative estimate of drug-likeness (QED) is 0.289. The van der Waals surface area contributed by atoms with Gasteiger partial charge in [0.05, 0.1) is 38.6 Å². The first-order valence-electron chi connectivity index (χ1n) is 12.4. The Bertz CT molecular complexity index is 967. The summed E-state index contributed by atoms with van der Waals surface area (Å²) < 4.78 is 25.7. The van der Waals surface area contributed by atoms with Gasteiger partial charge in [-0.25, -0.2) is 0 Å². The molecule has 5 heteroatoms. The summed E-state index contributed by atoms with van der Waals surface area (Å²) >= 11 is 1.79. The Morgan fingerprint density at radius 1 is 0.686 bits per heavy atom. The first-order chi connectivity index (χ1) is 17.2. The van der Waals surface area contributed by atoms with Gasteiger partial charge in [-0.15, -0.1) is 11.8 Å². The maximum atomic E-state index is 6.63. The van der Waals surface area contributed by atoms with Crippen LogP contribution in [-0.2, 0) is 38.8 Å². The second-order valence-corrected chi connectivity index (χ2v) is 10.3. The lowest BCUT2D eigenvalue weighted by molar-refractivity contribution is -0.217. The van der Waals surface area contributed by atoms with Crippen molar-refractivity contribution in [3.05, 3.63) is 108 Å². The lowest BCUT2D eigenvalue weighted by Gasteiger charge is -2.45. The van der Waals surface area contributed by atoms with Gasteiger partial charge in [-0.2, -0.15) is 0 Å². The average Bonchev–Trinajstić information content (AvgIpc) is 2.90. The Morgan fingerprint density at radius 2 is 1.17 bits per heavy atom. The van der Waals surface area contributed by atoms with E-state index in [1.807, 2.05) is 54.6 Å². The number of benzene rings is 3. The van der Waals surface area contributed by atoms with E-state index in [4.69, 9.17) is 18.9 Å². The molecule has 186 valence electrons. The van der Waals surface area contributed by atoms with Crippen molar-refractivity contribution in [3.8, 4) is 0 Å². The van der Waals surface area contributed by atoms with Crippen LogP contribution in [0, 0.1) is 5.92 Å². The number of ether oxygens (including phenoxy) is 4. The fraction of sp³-hybridized carbons (Fsp3) is 0.400. The highest BCUT2D eigenvalue weighted by Crippen LogP contribution is 2.36. The Balaban J connectivity index is 1.46. The van der Waals surface area contributed by atoms with E-state index in [9.17, 15) is 0 Å². The van der Waals surface area contributed by atoms with E-state index in [1.165, 1.54) is 0 Å². The predicted molar refractivity (Wildman–Crippen MR) is 142 cm³/mol. The van der Waals surface area contributed by atoms with Crippen LogP contribution in [-0.4, -0.2) is 36.1 Å². The van der Waals surface area contributed by atoms with Crippen LogP contribution in [0.15, 0.2) is 91.0 Å². The van der Waals surface area contributed by atoms with Crippen molar-refractivity contribution < 1.29 is 18.9 Å². The van der Waals surface area contributed by atoms with Gasteiger partial charge < -0.3 is 18.9 Å². The molecule has 0 N–H and O–H groups in total. The molecule has 0 saturated carbocycles. The minimum Gasteiger partial charge on any atom is -0.374 e.